The number of hydroxylamine groups is 1. The fraction of sp³-hybridized carbons (Fsp3) is 0. The molecule has 0 fully saturated rings. The van der Waals surface area contributed by atoms with Gasteiger partial charge in [0.2, 0.25) is 0 Å². The zero-order valence-electron chi connectivity index (χ0n) is 12.1. The van der Waals surface area contributed by atoms with Gasteiger partial charge < -0.3 is 0 Å². The van der Waals surface area contributed by atoms with E-state index in [1.165, 1.54) is 17.6 Å². The predicted molar refractivity (Wildman–Crippen MR) is 90.2 cm³/mol. The first-order chi connectivity index (χ1) is 11.1. The minimum absolute atomic E-state index is 0.129. The second kappa shape index (κ2) is 8.08. The molecule has 0 unspecified atom stereocenters. The van der Waals surface area contributed by atoms with Gasteiger partial charge in [0.15, 0.2) is 5.78 Å². The van der Waals surface area contributed by atoms with Crippen LogP contribution in [0.2, 0.25) is 5.02 Å². The van der Waals surface area contributed by atoms with Crippen LogP contribution in [-0.4, -0.2) is 16.9 Å². The zero-order chi connectivity index (χ0) is 16.7. The summed E-state index contributed by atoms with van der Waals surface area (Å²) in [5, 5.41) is 8.91. The largest absolute Gasteiger partial charge is 0.289 e. The lowest BCUT2D eigenvalue weighted by Crippen LogP contribution is -2.14. The smallest absolute Gasteiger partial charge is 0.267 e. The Morgan fingerprint density at radius 3 is 2.13 bits per heavy atom. The number of amides is 1. The normalized spacial score (nSPS) is 11.0. The number of hydrogen-bond acceptors (Lipinski definition) is 3. The quantitative estimate of drug-likeness (QED) is 0.380. The number of halogens is 1. The molecule has 0 saturated carbocycles. The molecule has 0 aliphatic carbocycles. The molecule has 0 aliphatic heterocycles. The van der Waals surface area contributed by atoms with Gasteiger partial charge in [0.05, 0.1) is 0 Å². The second-order valence-corrected chi connectivity index (χ2v) is 5.12. The van der Waals surface area contributed by atoms with E-state index in [-0.39, 0.29) is 5.78 Å². The predicted octanol–water partition coefficient (Wildman–Crippen LogP) is 3.75. The molecule has 116 valence electrons. The van der Waals surface area contributed by atoms with Crippen LogP contribution in [0.15, 0.2) is 60.7 Å². The summed E-state index contributed by atoms with van der Waals surface area (Å²) < 4.78 is 0. The van der Waals surface area contributed by atoms with Gasteiger partial charge in [-0.25, -0.2) is 5.48 Å². The molecule has 0 heterocycles. The van der Waals surface area contributed by atoms with Crippen LogP contribution in [0.25, 0.3) is 12.2 Å². The lowest BCUT2D eigenvalue weighted by molar-refractivity contribution is -0.124. The van der Waals surface area contributed by atoms with Gasteiger partial charge in [-0.3, -0.25) is 14.8 Å². The van der Waals surface area contributed by atoms with E-state index in [1.807, 2.05) is 12.1 Å². The Bertz CT molecular complexity index is 764. The van der Waals surface area contributed by atoms with Gasteiger partial charge in [0.1, 0.15) is 0 Å². The van der Waals surface area contributed by atoms with Crippen molar-refractivity contribution in [3.05, 3.63) is 82.4 Å². The summed E-state index contributed by atoms with van der Waals surface area (Å²) in [7, 11) is 0. The first-order valence-corrected chi connectivity index (χ1v) is 7.16. The number of hydrogen-bond donors (Lipinski definition) is 2. The standard InChI is InChI=1S/C18H14ClNO3/c19-16-3-1-2-15(12-16)17(21)10-8-13-4-6-14(7-5-13)9-11-18(22)20-23/h1-12,23H,(H,20,22). The van der Waals surface area contributed by atoms with Crippen LogP contribution in [0, 0.1) is 0 Å². The molecule has 2 rings (SSSR count). The van der Waals surface area contributed by atoms with Crippen molar-refractivity contribution in [2.75, 3.05) is 0 Å². The second-order valence-electron chi connectivity index (χ2n) is 4.68. The number of benzene rings is 2. The highest BCUT2D eigenvalue weighted by Crippen LogP contribution is 2.13. The Kier molecular flexibility index (Phi) is 5.86. The third-order valence-corrected chi connectivity index (χ3v) is 3.25. The Balaban J connectivity index is 2.04. The maximum Gasteiger partial charge on any atom is 0.267 e. The lowest BCUT2D eigenvalue weighted by atomic mass is 10.1. The number of carbonyl (C=O) groups is 2. The molecule has 4 nitrogen and oxygen atoms in total. The number of nitrogens with one attached hydrogen (secondary N) is 1. The third-order valence-electron chi connectivity index (χ3n) is 3.01. The molecule has 0 atom stereocenters. The highest BCUT2D eigenvalue weighted by atomic mass is 35.5. The Morgan fingerprint density at radius 1 is 0.957 bits per heavy atom. The number of ketones is 1. The molecule has 0 aliphatic rings. The molecule has 0 bridgehead atoms. The van der Waals surface area contributed by atoms with Gasteiger partial charge in [-0.15, -0.1) is 0 Å². The average molecular weight is 328 g/mol. The van der Waals surface area contributed by atoms with Gasteiger partial charge in [-0.2, -0.15) is 0 Å². The lowest BCUT2D eigenvalue weighted by Gasteiger charge is -1.98. The maximum absolute atomic E-state index is 12.0. The van der Waals surface area contributed by atoms with E-state index in [9.17, 15) is 9.59 Å². The molecule has 2 aromatic rings. The van der Waals surface area contributed by atoms with E-state index in [0.29, 0.717) is 10.6 Å². The van der Waals surface area contributed by atoms with Crippen molar-refractivity contribution >= 4 is 35.4 Å². The summed E-state index contributed by atoms with van der Waals surface area (Å²) in [5.41, 5.74) is 3.70. The Hall–Kier alpha value is -2.69. The highest BCUT2D eigenvalue weighted by molar-refractivity contribution is 6.31. The fourth-order valence-corrected chi connectivity index (χ4v) is 2.03. The number of carbonyl (C=O) groups excluding carboxylic acids is 2. The minimum Gasteiger partial charge on any atom is -0.289 e. The van der Waals surface area contributed by atoms with Gasteiger partial charge >= 0.3 is 0 Å². The topological polar surface area (TPSA) is 66.4 Å². The van der Waals surface area contributed by atoms with E-state index in [0.717, 1.165) is 11.1 Å². The zero-order valence-corrected chi connectivity index (χ0v) is 12.8. The molecule has 23 heavy (non-hydrogen) atoms. The SMILES string of the molecule is O=C(C=Cc1ccc(C=CC(=O)c2cccc(Cl)c2)cc1)NO. The molecule has 2 aromatic carbocycles. The van der Waals surface area contributed by atoms with E-state index < -0.39 is 5.91 Å². The van der Waals surface area contributed by atoms with Gasteiger partial charge in [0.25, 0.3) is 5.91 Å². The average Bonchev–Trinajstić information content (AvgIpc) is 2.58. The van der Waals surface area contributed by atoms with Crippen LogP contribution in [0.3, 0.4) is 0 Å². The van der Waals surface area contributed by atoms with Crippen molar-refractivity contribution in [3.63, 3.8) is 0 Å². The molecule has 1 amide bonds. The molecular weight excluding hydrogens is 314 g/mol. The van der Waals surface area contributed by atoms with E-state index in [1.54, 1.807) is 48.6 Å². The number of rotatable bonds is 5. The van der Waals surface area contributed by atoms with E-state index >= 15 is 0 Å². The van der Waals surface area contributed by atoms with Crippen LogP contribution >= 0.6 is 11.6 Å². The third kappa shape index (κ3) is 5.21. The fourth-order valence-electron chi connectivity index (χ4n) is 1.84. The maximum atomic E-state index is 12.0. The van der Waals surface area contributed by atoms with E-state index in [2.05, 4.69) is 0 Å². The summed E-state index contributed by atoms with van der Waals surface area (Å²) in [4.78, 5) is 22.9. The van der Waals surface area contributed by atoms with Crippen molar-refractivity contribution in [1.82, 2.24) is 5.48 Å². The monoisotopic (exact) mass is 327 g/mol. The molecule has 0 spiro atoms. The van der Waals surface area contributed by atoms with Gasteiger partial charge in [0, 0.05) is 16.7 Å². The Morgan fingerprint density at radius 2 is 1.57 bits per heavy atom. The van der Waals surface area contributed by atoms with Crippen molar-refractivity contribution in [1.29, 1.82) is 0 Å². The molecule has 0 aromatic heterocycles. The van der Waals surface area contributed by atoms with Crippen LogP contribution in [-0.2, 0) is 4.79 Å². The minimum atomic E-state index is -0.596. The van der Waals surface area contributed by atoms with Crippen LogP contribution in [0.1, 0.15) is 21.5 Å². The first-order valence-electron chi connectivity index (χ1n) is 6.78. The number of allylic oxidation sites excluding steroid dienone is 1. The van der Waals surface area contributed by atoms with Crippen LogP contribution < -0.4 is 5.48 Å². The van der Waals surface area contributed by atoms with Crippen molar-refractivity contribution in [3.8, 4) is 0 Å². The summed E-state index contributed by atoms with van der Waals surface area (Å²) in [6, 6.07) is 14.0. The van der Waals surface area contributed by atoms with Crippen LogP contribution in [0.4, 0.5) is 0 Å². The summed E-state index contributed by atoms with van der Waals surface area (Å²) in [6.45, 7) is 0. The molecule has 0 radical (unpaired) electrons. The summed E-state index contributed by atoms with van der Waals surface area (Å²) in [6.07, 6.45) is 5.97. The molecule has 5 heteroatoms. The highest BCUT2D eigenvalue weighted by Gasteiger charge is 2.01. The van der Waals surface area contributed by atoms with Crippen molar-refractivity contribution in [2.45, 2.75) is 0 Å². The van der Waals surface area contributed by atoms with Gasteiger partial charge in [-0.1, -0.05) is 54.1 Å². The molecule has 2 N–H and O–H groups in total. The first kappa shape index (κ1) is 16.7. The summed E-state index contributed by atoms with van der Waals surface area (Å²) in [5.74, 6) is -0.725. The van der Waals surface area contributed by atoms with Gasteiger partial charge in [-0.05, 0) is 35.4 Å². The Labute approximate surface area is 138 Å². The van der Waals surface area contributed by atoms with Crippen molar-refractivity contribution in [2.24, 2.45) is 0 Å². The van der Waals surface area contributed by atoms with Crippen LogP contribution in [0.5, 0.6) is 0 Å². The summed E-state index contributed by atoms with van der Waals surface area (Å²) >= 11 is 5.86. The molecular formula is C18H14ClNO3. The van der Waals surface area contributed by atoms with Crippen molar-refractivity contribution < 1.29 is 14.8 Å². The molecule has 0 saturated heterocycles. The van der Waals surface area contributed by atoms with E-state index in [4.69, 9.17) is 16.8 Å².